The molecule has 0 spiro atoms. The molecule has 0 saturated carbocycles. The summed E-state index contributed by atoms with van der Waals surface area (Å²) in [5, 5.41) is 6.66. The van der Waals surface area contributed by atoms with E-state index in [0.29, 0.717) is 12.5 Å². The van der Waals surface area contributed by atoms with Crippen molar-refractivity contribution in [2.24, 2.45) is 5.92 Å². The van der Waals surface area contributed by atoms with Gasteiger partial charge in [0.05, 0.1) is 12.6 Å². The van der Waals surface area contributed by atoms with Crippen LogP contribution in [-0.4, -0.2) is 36.3 Å². The molecule has 5 nitrogen and oxygen atoms in total. The Kier molecular flexibility index (Phi) is 5.85. The third-order valence-corrected chi connectivity index (χ3v) is 2.90. The molecule has 1 atom stereocenters. The van der Waals surface area contributed by atoms with E-state index in [9.17, 15) is 0 Å². The van der Waals surface area contributed by atoms with E-state index >= 15 is 0 Å². The number of rotatable bonds is 7. The molecule has 102 valence electrons. The Morgan fingerprint density at radius 2 is 1.94 bits per heavy atom. The van der Waals surface area contributed by atoms with Gasteiger partial charge >= 0.3 is 0 Å². The van der Waals surface area contributed by atoms with E-state index in [4.69, 9.17) is 4.74 Å². The second kappa shape index (κ2) is 7.16. The summed E-state index contributed by atoms with van der Waals surface area (Å²) in [6, 6.07) is 0.248. The topological polar surface area (TPSA) is 59.1 Å². The first kappa shape index (κ1) is 14.7. The normalized spacial score (nSPS) is 12.6. The molecule has 0 aliphatic rings. The molecule has 0 aliphatic heterocycles. The van der Waals surface area contributed by atoms with Gasteiger partial charge in [0.1, 0.15) is 18.0 Å². The molecular formula is C13H24N4O. The smallest absolute Gasteiger partial charge is 0.134 e. The van der Waals surface area contributed by atoms with Crippen LogP contribution in [0.25, 0.3) is 0 Å². The molecule has 0 aromatic carbocycles. The van der Waals surface area contributed by atoms with Crippen LogP contribution in [0, 0.1) is 12.8 Å². The molecule has 0 aliphatic carbocycles. The summed E-state index contributed by atoms with van der Waals surface area (Å²) in [5.41, 5.74) is 1.04. The van der Waals surface area contributed by atoms with Crippen molar-refractivity contribution >= 4 is 11.6 Å². The SMILES string of the molecule is CCNc1ncnc(NC(COC)C(C)C)c1C. The van der Waals surface area contributed by atoms with Gasteiger partial charge in [-0.2, -0.15) is 0 Å². The monoisotopic (exact) mass is 252 g/mol. The van der Waals surface area contributed by atoms with Gasteiger partial charge in [0.2, 0.25) is 0 Å². The van der Waals surface area contributed by atoms with Gasteiger partial charge in [-0.05, 0) is 19.8 Å². The number of ether oxygens (including phenoxy) is 1. The molecule has 1 unspecified atom stereocenters. The van der Waals surface area contributed by atoms with Gasteiger partial charge in [-0.3, -0.25) is 0 Å². The highest BCUT2D eigenvalue weighted by Crippen LogP contribution is 2.20. The zero-order valence-corrected chi connectivity index (χ0v) is 11.9. The van der Waals surface area contributed by atoms with Crippen molar-refractivity contribution in [1.82, 2.24) is 9.97 Å². The Morgan fingerprint density at radius 3 is 2.50 bits per heavy atom. The number of hydrogen-bond acceptors (Lipinski definition) is 5. The van der Waals surface area contributed by atoms with Gasteiger partial charge in [-0.25, -0.2) is 9.97 Å². The maximum atomic E-state index is 5.23. The van der Waals surface area contributed by atoms with Crippen molar-refractivity contribution in [3.63, 3.8) is 0 Å². The summed E-state index contributed by atoms with van der Waals surface area (Å²) in [4.78, 5) is 8.54. The minimum absolute atomic E-state index is 0.248. The van der Waals surface area contributed by atoms with Gasteiger partial charge in [0.25, 0.3) is 0 Å². The minimum atomic E-state index is 0.248. The van der Waals surface area contributed by atoms with E-state index in [1.807, 2.05) is 6.92 Å². The van der Waals surface area contributed by atoms with E-state index in [1.54, 1.807) is 13.4 Å². The van der Waals surface area contributed by atoms with Crippen molar-refractivity contribution in [2.75, 3.05) is 30.9 Å². The van der Waals surface area contributed by atoms with Gasteiger partial charge in [0, 0.05) is 19.2 Å². The minimum Gasteiger partial charge on any atom is -0.383 e. The Labute approximate surface area is 109 Å². The Morgan fingerprint density at radius 1 is 1.28 bits per heavy atom. The second-order valence-corrected chi connectivity index (χ2v) is 4.68. The van der Waals surface area contributed by atoms with E-state index in [2.05, 4.69) is 41.4 Å². The summed E-state index contributed by atoms with van der Waals surface area (Å²) in [6.45, 7) is 9.92. The molecule has 1 heterocycles. The largest absolute Gasteiger partial charge is 0.383 e. The summed E-state index contributed by atoms with van der Waals surface area (Å²) in [5.74, 6) is 2.23. The summed E-state index contributed by atoms with van der Waals surface area (Å²) in [6.07, 6.45) is 1.58. The molecule has 0 fully saturated rings. The van der Waals surface area contributed by atoms with Crippen LogP contribution in [0.5, 0.6) is 0 Å². The van der Waals surface area contributed by atoms with Crippen LogP contribution in [0.2, 0.25) is 0 Å². The maximum absolute atomic E-state index is 5.23. The van der Waals surface area contributed by atoms with Gasteiger partial charge in [-0.1, -0.05) is 13.8 Å². The lowest BCUT2D eigenvalue weighted by molar-refractivity contribution is 0.171. The van der Waals surface area contributed by atoms with Gasteiger partial charge in [-0.15, -0.1) is 0 Å². The molecule has 1 rings (SSSR count). The average molecular weight is 252 g/mol. The van der Waals surface area contributed by atoms with Crippen LogP contribution in [-0.2, 0) is 4.74 Å². The van der Waals surface area contributed by atoms with Crippen LogP contribution in [0.3, 0.4) is 0 Å². The third kappa shape index (κ3) is 3.84. The first-order chi connectivity index (χ1) is 8.60. The van der Waals surface area contributed by atoms with Gasteiger partial charge < -0.3 is 15.4 Å². The van der Waals surface area contributed by atoms with E-state index in [-0.39, 0.29) is 6.04 Å². The molecule has 5 heteroatoms. The number of aromatic nitrogens is 2. The lowest BCUT2D eigenvalue weighted by atomic mass is 10.1. The van der Waals surface area contributed by atoms with Gasteiger partial charge in [0.15, 0.2) is 0 Å². The molecule has 0 amide bonds. The van der Waals surface area contributed by atoms with E-state index in [0.717, 1.165) is 23.7 Å². The van der Waals surface area contributed by atoms with E-state index in [1.165, 1.54) is 0 Å². The second-order valence-electron chi connectivity index (χ2n) is 4.68. The quantitative estimate of drug-likeness (QED) is 0.779. The standard InChI is InChI=1S/C13H24N4O/c1-6-14-12-10(4)13(16-8-15-12)17-11(7-18-5)9(2)3/h8-9,11H,6-7H2,1-5H3,(H2,14,15,16,17). The Balaban J connectivity index is 2.85. The zero-order chi connectivity index (χ0) is 13.5. The average Bonchev–Trinajstić information content (AvgIpc) is 2.33. The number of nitrogens with one attached hydrogen (secondary N) is 2. The van der Waals surface area contributed by atoms with Crippen molar-refractivity contribution < 1.29 is 4.74 Å². The van der Waals surface area contributed by atoms with Crippen molar-refractivity contribution in [1.29, 1.82) is 0 Å². The van der Waals surface area contributed by atoms with Crippen LogP contribution < -0.4 is 10.6 Å². The van der Waals surface area contributed by atoms with Crippen LogP contribution in [0.15, 0.2) is 6.33 Å². The number of anilines is 2. The maximum Gasteiger partial charge on any atom is 0.134 e. The lowest BCUT2D eigenvalue weighted by Crippen LogP contribution is -2.31. The first-order valence-corrected chi connectivity index (χ1v) is 6.41. The molecule has 2 N–H and O–H groups in total. The summed E-state index contributed by atoms with van der Waals surface area (Å²) >= 11 is 0. The number of nitrogens with zero attached hydrogens (tertiary/aromatic N) is 2. The molecule has 0 saturated heterocycles. The molecule has 0 bridgehead atoms. The number of hydrogen-bond donors (Lipinski definition) is 2. The summed E-state index contributed by atoms with van der Waals surface area (Å²) < 4.78 is 5.23. The molecule has 1 aromatic heterocycles. The van der Waals surface area contributed by atoms with Crippen LogP contribution >= 0.6 is 0 Å². The fourth-order valence-electron chi connectivity index (χ4n) is 1.70. The zero-order valence-electron chi connectivity index (χ0n) is 11.9. The highest BCUT2D eigenvalue weighted by molar-refractivity contribution is 5.56. The predicted molar refractivity (Wildman–Crippen MR) is 75.1 cm³/mol. The Hall–Kier alpha value is -1.36. The van der Waals surface area contributed by atoms with Crippen LogP contribution in [0.4, 0.5) is 11.6 Å². The molecule has 18 heavy (non-hydrogen) atoms. The van der Waals surface area contributed by atoms with Crippen LogP contribution in [0.1, 0.15) is 26.3 Å². The molecule has 0 radical (unpaired) electrons. The van der Waals surface area contributed by atoms with Crippen molar-refractivity contribution in [3.05, 3.63) is 11.9 Å². The molecule has 1 aromatic rings. The molecular weight excluding hydrogens is 228 g/mol. The highest BCUT2D eigenvalue weighted by atomic mass is 16.5. The Bertz CT molecular complexity index is 368. The fourth-order valence-corrected chi connectivity index (χ4v) is 1.70. The summed E-state index contributed by atoms with van der Waals surface area (Å²) in [7, 11) is 1.72. The first-order valence-electron chi connectivity index (χ1n) is 6.41. The van der Waals surface area contributed by atoms with Crippen molar-refractivity contribution in [2.45, 2.75) is 33.7 Å². The third-order valence-electron chi connectivity index (χ3n) is 2.90. The lowest BCUT2D eigenvalue weighted by Gasteiger charge is -2.23. The fraction of sp³-hybridized carbons (Fsp3) is 0.692. The van der Waals surface area contributed by atoms with Crippen molar-refractivity contribution in [3.8, 4) is 0 Å². The predicted octanol–water partition coefficient (Wildman–Crippen LogP) is 2.30. The number of methoxy groups -OCH3 is 1. The van der Waals surface area contributed by atoms with E-state index < -0.39 is 0 Å². The highest BCUT2D eigenvalue weighted by Gasteiger charge is 2.15.